The first-order valence-corrected chi connectivity index (χ1v) is 10.9. The maximum atomic E-state index is 13.9. The molecule has 0 aliphatic rings. The Morgan fingerprint density at radius 2 is 1.91 bits per heavy atom. The number of benzene rings is 3. The van der Waals surface area contributed by atoms with Crippen LogP contribution in [0.15, 0.2) is 54.7 Å². The summed E-state index contributed by atoms with van der Waals surface area (Å²) in [7, 11) is 1.86. The van der Waals surface area contributed by atoms with Crippen LogP contribution < -0.4 is 15.8 Å². The van der Waals surface area contributed by atoms with Gasteiger partial charge in [-0.25, -0.2) is 4.39 Å². The number of hydrogen-bond acceptors (Lipinski definition) is 4. The van der Waals surface area contributed by atoms with Crippen molar-refractivity contribution in [3.05, 3.63) is 76.7 Å². The molecule has 0 saturated heterocycles. The average molecular weight is 468 g/mol. The first-order valence-electron chi connectivity index (χ1n) is 10.5. The molecule has 0 fully saturated rings. The van der Waals surface area contributed by atoms with Crippen molar-refractivity contribution >= 4 is 45.0 Å². The van der Waals surface area contributed by atoms with Crippen molar-refractivity contribution < 1.29 is 18.7 Å². The summed E-state index contributed by atoms with van der Waals surface area (Å²) < 4.78 is 21.5. The van der Waals surface area contributed by atoms with Crippen LogP contribution in [0.2, 0.25) is 5.02 Å². The van der Waals surface area contributed by atoms with Crippen LogP contribution in [0.5, 0.6) is 5.75 Å². The van der Waals surface area contributed by atoms with Crippen molar-refractivity contribution in [3.8, 4) is 5.75 Å². The Labute approximate surface area is 195 Å². The molecule has 0 aliphatic heterocycles. The lowest BCUT2D eigenvalue weighted by molar-refractivity contribution is 0.0913. The molecule has 8 heteroatoms. The smallest absolute Gasteiger partial charge is 0.252 e. The first kappa shape index (κ1) is 22.8. The molecule has 4 aromatic rings. The van der Waals surface area contributed by atoms with Gasteiger partial charge in [-0.3, -0.25) is 9.59 Å². The van der Waals surface area contributed by atoms with E-state index in [0.29, 0.717) is 28.0 Å². The molecule has 170 valence electrons. The van der Waals surface area contributed by atoms with E-state index in [4.69, 9.17) is 22.1 Å². The summed E-state index contributed by atoms with van der Waals surface area (Å²) in [6.07, 6.45) is 2.55. The molecule has 33 heavy (non-hydrogen) atoms. The zero-order chi connectivity index (χ0) is 23.5. The van der Waals surface area contributed by atoms with Crippen LogP contribution >= 0.6 is 11.6 Å². The lowest BCUT2D eigenvalue weighted by Crippen LogP contribution is -2.16. The van der Waals surface area contributed by atoms with Gasteiger partial charge in [-0.05, 0) is 73.3 Å². The SMILES string of the molecule is CNCCCn1cc(C(=O)COc2cc3ccc(Cl)cc3cc2C(N)=O)c2ccc(F)cc21. The molecule has 4 rings (SSSR count). The quantitative estimate of drug-likeness (QED) is 0.279. The summed E-state index contributed by atoms with van der Waals surface area (Å²) in [5.74, 6) is -1.11. The van der Waals surface area contributed by atoms with E-state index >= 15 is 0 Å². The van der Waals surface area contributed by atoms with E-state index in [1.54, 1.807) is 42.6 Å². The number of amides is 1. The molecule has 0 radical (unpaired) electrons. The van der Waals surface area contributed by atoms with Gasteiger partial charge >= 0.3 is 0 Å². The predicted octanol–water partition coefficient (Wildman–Crippen LogP) is 4.56. The number of aryl methyl sites for hydroxylation is 1. The molecule has 1 heterocycles. The molecule has 1 amide bonds. The zero-order valence-corrected chi connectivity index (χ0v) is 18.8. The van der Waals surface area contributed by atoms with Gasteiger partial charge in [0, 0.05) is 28.7 Å². The minimum Gasteiger partial charge on any atom is -0.485 e. The van der Waals surface area contributed by atoms with Crippen molar-refractivity contribution in [3.63, 3.8) is 0 Å². The fourth-order valence-corrected chi connectivity index (χ4v) is 4.06. The van der Waals surface area contributed by atoms with Crippen LogP contribution in [-0.2, 0) is 6.54 Å². The summed E-state index contributed by atoms with van der Waals surface area (Å²) >= 11 is 6.04. The normalized spacial score (nSPS) is 11.2. The van der Waals surface area contributed by atoms with Gasteiger partial charge in [-0.2, -0.15) is 0 Å². The van der Waals surface area contributed by atoms with Crippen LogP contribution in [0.25, 0.3) is 21.7 Å². The number of halogens is 2. The Hall–Kier alpha value is -3.42. The van der Waals surface area contributed by atoms with Crippen molar-refractivity contribution in [2.24, 2.45) is 5.73 Å². The van der Waals surface area contributed by atoms with Crippen LogP contribution in [0.4, 0.5) is 4.39 Å². The van der Waals surface area contributed by atoms with E-state index in [9.17, 15) is 14.0 Å². The molecule has 0 saturated carbocycles. The van der Waals surface area contributed by atoms with Crippen LogP contribution in [0, 0.1) is 5.82 Å². The molecule has 0 spiro atoms. The Morgan fingerprint density at radius 3 is 2.67 bits per heavy atom. The number of rotatable bonds is 9. The highest BCUT2D eigenvalue weighted by molar-refractivity contribution is 6.31. The van der Waals surface area contributed by atoms with Gasteiger partial charge in [0.2, 0.25) is 5.78 Å². The van der Waals surface area contributed by atoms with Crippen LogP contribution in [0.3, 0.4) is 0 Å². The number of aromatic nitrogens is 1. The standard InChI is InChI=1S/C25H23ClFN3O3/c1-29-7-2-8-30-13-21(19-6-5-18(27)12-22(19)30)23(31)14-33-24-11-15-3-4-17(26)9-16(15)10-20(24)25(28)32/h3-6,9-13,29H,2,7-8,14H2,1H3,(H2,28,32). The second-order valence-electron chi connectivity index (χ2n) is 7.77. The van der Waals surface area contributed by atoms with Gasteiger partial charge in [-0.1, -0.05) is 17.7 Å². The number of primary amides is 1. The zero-order valence-electron chi connectivity index (χ0n) is 18.0. The third-order valence-electron chi connectivity index (χ3n) is 5.50. The monoisotopic (exact) mass is 467 g/mol. The second kappa shape index (κ2) is 9.60. The van der Waals surface area contributed by atoms with Crippen molar-refractivity contribution in [2.75, 3.05) is 20.2 Å². The Bertz CT molecular complexity index is 1370. The van der Waals surface area contributed by atoms with E-state index in [1.165, 1.54) is 12.1 Å². The highest BCUT2D eigenvalue weighted by Gasteiger charge is 2.18. The Balaban J connectivity index is 1.63. The van der Waals surface area contributed by atoms with E-state index in [1.807, 2.05) is 11.6 Å². The fourth-order valence-electron chi connectivity index (χ4n) is 3.88. The van der Waals surface area contributed by atoms with Gasteiger partial charge in [0.05, 0.1) is 11.1 Å². The van der Waals surface area contributed by atoms with E-state index in [2.05, 4.69) is 5.32 Å². The first-order chi connectivity index (χ1) is 15.9. The number of nitrogens with one attached hydrogen (secondary N) is 1. The molecular weight excluding hydrogens is 445 g/mol. The molecule has 0 bridgehead atoms. The van der Waals surface area contributed by atoms with Crippen molar-refractivity contribution in [1.82, 2.24) is 9.88 Å². The van der Waals surface area contributed by atoms with E-state index < -0.39 is 5.91 Å². The number of ketones is 1. The molecule has 6 nitrogen and oxygen atoms in total. The minimum atomic E-state index is -0.670. The summed E-state index contributed by atoms with van der Waals surface area (Å²) in [6, 6.07) is 12.9. The summed E-state index contributed by atoms with van der Waals surface area (Å²) in [6.45, 7) is 1.13. The lowest BCUT2D eigenvalue weighted by Gasteiger charge is -2.11. The maximum Gasteiger partial charge on any atom is 0.252 e. The minimum absolute atomic E-state index is 0.161. The topological polar surface area (TPSA) is 86.3 Å². The highest BCUT2D eigenvalue weighted by atomic mass is 35.5. The molecule has 1 aromatic heterocycles. The molecular formula is C25H23ClFN3O3. The number of carbonyl (C=O) groups is 2. The maximum absolute atomic E-state index is 13.9. The number of hydrogen-bond donors (Lipinski definition) is 2. The molecule has 0 aliphatic carbocycles. The average Bonchev–Trinajstić information content (AvgIpc) is 3.14. The van der Waals surface area contributed by atoms with Crippen molar-refractivity contribution in [1.29, 1.82) is 0 Å². The number of ether oxygens (including phenoxy) is 1. The van der Waals surface area contributed by atoms with Crippen LogP contribution in [-0.4, -0.2) is 36.5 Å². The third-order valence-corrected chi connectivity index (χ3v) is 5.73. The van der Waals surface area contributed by atoms with Crippen molar-refractivity contribution in [2.45, 2.75) is 13.0 Å². The molecule has 0 atom stereocenters. The molecule has 0 unspecified atom stereocenters. The lowest BCUT2D eigenvalue weighted by atomic mass is 10.1. The highest BCUT2D eigenvalue weighted by Crippen LogP contribution is 2.29. The number of nitrogens with zero attached hydrogens (tertiary/aromatic N) is 1. The molecule has 3 N–H and O–H groups in total. The Morgan fingerprint density at radius 1 is 1.09 bits per heavy atom. The number of nitrogens with two attached hydrogens (primary N) is 1. The molecule has 3 aromatic carbocycles. The van der Waals surface area contributed by atoms with Gasteiger partial charge in [-0.15, -0.1) is 0 Å². The third kappa shape index (κ3) is 4.84. The predicted molar refractivity (Wildman–Crippen MR) is 128 cm³/mol. The Kier molecular flexibility index (Phi) is 6.62. The van der Waals surface area contributed by atoms with Gasteiger partial charge in [0.15, 0.2) is 6.61 Å². The number of Topliss-reactive ketones (excluding diaryl/α,β-unsaturated/α-hetero) is 1. The summed E-state index contributed by atoms with van der Waals surface area (Å²) in [5, 5.41) is 5.79. The largest absolute Gasteiger partial charge is 0.485 e. The fraction of sp³-hybridized carbons (Fsp3) is 0.200. The van der Waals surface area contributed by atoms with E-state index in [0.717, 1.165) is 23.7 Å². The van der Waals surface area contributed by atoms with Gasteiger partial charge < -0.3 is 20.4 Å². The summed E-state index contributed by atoms with van der Waals surface area (Å²) in [4.78, 5) is 25.1. The summed E-state index contributed by atoms with van der Waals surface area (Å²) in [5.41, 5.74) is 6.77. The van der Waals surface area contributed by atoms with E-state index in [-0.39, 0.29) is 29.5 Å². The number of fused-ring (bicyclic) bond motifs is 2. The second-order valence-corrected chi connectivity index (χ2v) is 8.21. The van der Waals surface area contributed by atoms with Gasteiger partial charge in [0.1, 0.15) is 11.6 Å². The number of carbonyl (C=O) groups excluding carboxylic acids is 2. The van der Waals surface area contributed by atoms with Crippen LogP contribution in [0.1, 0.15) is 27.1 Å². The van der Waals surface area contributed by atoms with Gasteiger partial charge in [0.25, 0.3) is 5.91 Å².